The molecule has 2 saturated heterocycles. The number of nitrogens with one attached hydrogen (secondary N) is 1. The van der Waals surface area contributed by atoms with Crippen LogP contribution in [-0.2, 0) is 25.5 Å². The number of hydrogen-bond donors (Lipinski definition) is 2. The standard InChI is InChI=1S/C28H42N4O4/c29-26(34)28(12-4-5-13-28)27(35)30-24(21-22-7-2-1-3-8-22)9-6-14-31-15-17-32(18-16-31)25(33)23-10-19-36-20-11-23/h1-3,7-8,23-24H,4-6,9-21H2,(H2,29,34)(H,30,35). The van der Waals surface area contributed by atoms with Gasteiger partial charge < -0.3 is 20.7 Å². The first-order valence-electron chi connectivity index (χ1n) is 13.7. The molecule has 0 bridgehead atoms. The molecule has 0 radical (unpaired) electrons. The van der Waals surface area contributed by atoms with E-state index in [9.17, 15) is 14.4 Å². The van der Waals surface area contributed by atoms with Crippen LogP contribution in [0.25, 0.3) is 0 Å². The maximum atomic E-state index is 13.2. The van der Waals surface area contributed by atoms with Crippen molar-refractivity contribution in [1.82, 2.24) is 15.1 Å². The van der Waals surface area contributed by atoms with E-state index in [0.29, 0.717) is 32.0 Å². The molecule has 3 amide bonds. The number of primary amides is 1. The number of amides is 3. The molecule has 1 aromatic carbocycles. The van der Waals surface area contributed by atoms with Crippen molar-refractivity contribution in [2.75, 3.05) is 45.9 Å². The summed E-state index contributed by atoms with van der Waals surface area (Å²) in [5, 5.41) is 3.20. The first-order chi connectivity index (χ1) is 17.5. The average Bonchev–Trinajstić information content (AvgIpc) is 3.42. The van der Waals surface area contributed by atoms with Gasteiger partial charge in [0, 0.05) is 51.4 Å². The first kappa shape index (κ1) is 26.6. The molecule has 8 heteroatoms. The molecule has 198 valence electrons. The van der Waals surface area contributed by atoms with Crippen molar-refractivity contribution in [3.8, 4) is 0 Å². The third kappa shape index (κ3) is 6.65. The number of nitrogens with zero attached hydrogens (tertiary/aromatic N) is 2. The smallest absolute Gasteiger partial charge is 0.235 e. The van der Waals surface area contributed by atoms with E-state index in [1.807, 2.05) is 23.1 Å². The van der Waals surface area contributed by atoms with Gasteiger partial charge in [-0.05, 0) is 57.1 Å². The second kappa shape index (κ2) is 12.7. The molecule has 8 nitrogen and oxygen atoms in total. The molecule has 3 N–H and O–H groups in total. The summed E-state index contributed by atoms with van der Waals surface area (Å²) in [6.45, 7) is 5.64. The topological polar surface area (TPSA) is 105 Å². The summed E-state index contributed by atoms with van der Waals surface area (Å²) in [6.07, 6.45) is 6.99. The lowest BCUT2D eigenvalue weighted by molar-refractivity contribution is -0.142. The zero-order valence-electron chi connectivity index (χ0n) is 21.5. The van der Waals surface area contributed by atoms with Crippen molar-refractivity contribution < 1.29 is 19.1 Å². The Morgan fingerprint density at radius 3 is 2.33 bits per heavy atom. The monoisotopic (exact) mass is 498 g/mol. The third-order valence-corrected chi connectivity index (χ3v) is 8.30. The van der Waals surface area contributed by atoms with Crippen molar-refractivity contribution in [2.24, 2.45) is 17.1 Å². The Balaban J connectivity index is 1.27. The van der Waals surface area contributed by atoms with Gasteiger partial charge in [0.05, 0.1) is 0 Å². The number of nitrogens with two attached hydrogens (primary N) is 1. The van der Waals surface area contributed by atoms with Gasteiger partial charge in [-0.3, -0.25) is 19.3 Å². The Morgan fingerprint density at radius 2 is 1.69 bits per heavy atom. The Hall–Kier alpha value is -2.45. The van der Waals surface area contributed by atoms with E-state index in [1.54, 1.807) is 0 Å². The lowest BCUT2D eigenvalue weighted by atomic mass is 9.83. The van der Waals surface area contributed by atoms with Gasteiger partial charge in [-0.25, -0.2) is 0 Å². The van der Waals surface area contributed by atoms with Crippen LogP contribution < -0.4 is 11.1 Å². The zero-order chi connectivity index (χ0) is 25.4. The Labute approximate surface area is 214 Å². The molecule has 3 fully saturated rings. The number of hydrogen-bond acceptors (Lipinski definition) is 5. The zero-order valence-corrected chi connectivity index (χ0v) is 21.5. The summed E-state index contributed by atoms with van der Waals surface area (Å²) < 4.78 is 5.40. The predicted octanol–water partition coefficient (Wildman–Crippen LogP) is 2.11. The van der Waals surface area contributed by atoms with Crippen LogP contribution in [0.4, 0.5) is 0 Å². The third-order valence-electron chi connectivity index (χ3n) is 8.30. The predicted molar refractivity (Wildman–Crippen MR) is 138 cm³/mol. The normalized spacial score (nSPS) is 21.7. The molecule has 0 spiro atoms. The number of carbonyl (C=O) groups is 3. The van der Waals surface area contributed by atoms with Crippen molar-refractivity contribution in [3.63, 3.8) is 0 Å². The van der Waals surface area contributed by atoms with E-state index in [4.69, 9.17) is 10.5 Å². The van der Waals surface area contributed by atoms with Crippen molar-refractivity contribution in [2.45, 2.75) is 63.8 Å². The van der Waals surface area contributed by atoms with Crippen LogP contribution in [0.15, 0.2) is 30.3 Å². The summed E-state index contributed by atoms with van der Waals surface area (Å²) in [6, 6.07) is 10.1. The summed E-state index contributed by atoms with van der Waals surface area (Å²) in [5.74, 6) is -0.284. The van der Waals surface area contributed by atoms with Crippen molar-refractivity contribution in [3.05, 3.63) is 35.9 Å². The fraction of sp³-hybridized carbons (Fsp3) is 0.679. The van der Waals surface area contributed by atoms with Crippen LogP contribution in [0.5, 0.6) is 0 Å². The maximum absolute atomic E-state index is 13.2. The second-order valence-corrected chi connectivity index (χ2v) is 10.7. The lowest BCUT2D eigenvalue weighted by Gasteiger charge is -2.37. The van der Waals surface area contributed by atoms with E-state index in [0.717, 1.165) is 77.7 Å². The van der Waals surface area contributed by atoms with Gasteiger partial charge in [-0.1, -0.05) is 43.2 Å². The van der Waals surface area contributed by atoms with Gasteiger partial charge in [0.2, 0.25) is 17.7 Å². The van der Waals surface area contributed by atoms with Gasteiger partial charge in [0.25, 0.3) is 0 Å². The molecule has 2 heterocycles. The van der Waals surface area contributed by atoms with Crippen molar-refractivity contribution in [1.29, 1.82) is 0 Å². The van der Waals surface area contributed by atoms with Gasteiger partial charge >= 0.3 is 0 Å². The van der Waals surface area contributed by atoms with Crippen LogP contribution >= 0.6 is 0 Å². The van der Waals surface area contributed by atoms with Crippen LogP contribution in [0.2, 0.25) is 0 Å². The number of ether oxygens (including phenoxy) is 1. The van der Waals surface area contributed by atoms with Gasteiger partial charge in [-0.2, -0.15) is 0 Å². The van der Waals surface area contributed by atoms with Crippen LogP contribution in [0.1, 0.15) is 56.9 Å². The Bertz CT molecular complexity index is 873. The Morgan fingerprint density at radius 1 is 1.03 bits per heavy atom. The number of rotatable bonds is 10. The molecule has 1 aliphatic carbocycles. The molecular formula is C28H42N4O4. The molecule has 1 unspecified atom stereocenters. The number of piperazine rings is 1. The average molecular weight is 499 g/mol. The highest BCUT2D eigenvalue weighted by molar-refractivity contribution is 6.04. The molecule has 3 aliphatic rings. The maximum Gasteiger partial charge on any atom is 0.235 e. The minimum atomic E-state index is -1.05. The molecule has 4 rings (SSSR count). The second-order valence-electron chi connectivity index (χ2n) is 10.7. The van der Waals surface area contributed by atoms with E-state index in [-0.39, 0.29) is 17.9 Å². The highest BCUT2D eigenvalue weighted by Gasteiger charge is 2.47. The van der Waals surface area contributed by atoms with Gasteiger partial charge in [-0.15, -0.1) is 0 Å². The largest absolute Gasteiger partial charge is 0.381 e. The van der Waals surface area contributed by atoms with Crippen LogP contribution in [0.3, 0.4) is 0 Å². The SMILES string of the molecule is NC(=O)C1(C(=O)NC(CCCN2CCN(C(=O)C3CCOCC3)CC2)Cc2ccccc2)CCCC1. The first-order valence-corrected chi connectivity index (χ1v) is 13.7. The van der Waals surface area contributed by atoms with E-state index in [1.165, 1.54) is 5.56 Å². The van der Waals surface area contributed by atoms with Crippen LogP contribution in [0, 0.1) is 11.3 Å². The van der Waals surface area contributed by atoms with Crippen LogP contribution in [-0.4, -0.2) is 79.5 Å². The minimum Gasteiger partial charge on any atom is -0.381 e. The summed E-state index contributed by atoms with van der Waals surface area (Å²) >= 11 is 0. The van der Waals surface area contributed by atoms with Gasteiger partial charge in [0.1, 0.15) is 5.41 Å². The Kier molecular flexibility index (Phi) is 9.37. The van der Waals surface area contributed by atoms with E-state index < -0.39 is 11.3 Å². The fourth-order valence-electron chi connectivity index (χ4n) is 5.97. The van der Waals surface area contributed by atoms with Gasteiger partial charge in [0.15, 0.2) is 0 Å². The fourth-order valence-corrected chi connectivity index (χ4v) is 5.97. The number of benzene rings is 1. The van der Waals surface area contributed by atoms with Crippen molar-refractivity contribution >= 4 is 17.7 Å². The van der Waals surface area contributed by atoms with E-state index in [2.05, 4.69) is 22.3 Å². The lowest BCUT2D eigenvalue weighted by Crippen LogP contribution is -2.52. The molecule has 2 aliphatic heterocycles. The molecule has 1 aromatic rings. The molecule has 1 saturated carbocycles. The molecular weight excluding hydrogens is 456 g/mol. The highest BCUT2D eigenvalue weighted by Crippen LogP contribution is 2.38. The summed E-state index contributed by atoms with van der Waals surface area (Å²) in [7, 11) is 0. The molecule has 0 aromatic heterocycles. The molecule has 1 atom stereocenters. The summed E-state index contributed by atoms with van der Waals surface area (Å²) in [5.41, 5.74) is 5.81. The number of carbonyl (C=O) groups excluding carboxylic acids is 3. The highest BCUT2D eigenvalue weighted by atomic mass is 16.5. The quantitative estimate of drug-likeness (QED) is 0.481. The molecule has 36 heavy (non-hydrogen) atoms. The summed E-state index contributed by atoms with van der Waals surface area (Å²) in [4.78, 5) is 42.7. The minimum absolute atomic E-state index is 0.0480. The van der Waals surface area contributed by atoms with E-state index >= 15 is 0 Å².